The van der Waals surface area contributed by atoms with E-state index in [-0.39, 0.29) is 5.91 Å². The number of nitrogens with zero attached hydrogens (tertiary/aromatic N) is 1. The summed E-state index contributed by atoms with van der Waals surface area (Å²) in [6, 6.07) is 13.9. The molecule has 0 saturated carbocycles. The van der Waals surface area contributed by atoms with Crippen LogP contribution in [0.15, 0.2) is 48.7 Å². The first-order chi connectivity index (χ1) is 10.2. The average molecular weight is 283 g/mol. The number of anilines is 1. The molecule has 0 saturated heterocycles. The first-order valence-electron chi connectivity index (χ1n) is 7.18. The van der Waals surface area contributed by atoms with Crippen LogP contribution < -0.4 is 10.6 Å². The fraction of sp³-hybridized carbons (Fsp3) is 0.294. The third kappa shape index (κ3) is 4.05. The third-order valence-corrected chi connectivity index (χ3v) is 3.52. The van der Waals surface area contributed by atoms with Crippen molar-refractivity contribution in [2.75, 3.05) is 18.9 Å². The third-order valence-electron chi connectivity index (χ3n) is 3.52. The summed E-state index contributed by atoms with van der Waals surface area (Å²) in [6.07, 6.45) is 2.57. The van der Waals surface area contributed by atoms with Crippen molar-refractivity contribution >= 4 is 11.7 Å². The largest absolute Gasteiger partial charge is 0.372 e. The van der Waals surface area contributed by atoms with Crippen LogP contribution in [0.5, 0.6) is 0 Å². The Morgan fingerprint density at radius 3 is 2.67 bits per heavy atom. The smallest absolute Gasteiger partial charge is 0.255 e. The van der Waals surface area contributed by atoms with Crippen LogP contribution in [0.3, 0.4) is 0 Å². The molecule has 2 rings (SSSR count). The fourth-order valence-corrected chi connectivity index (χ4v) is 2.23. The van der Waals surface area contributed by atoms with Crippen LogP contribution in [-0.2, 0) is 0 Å². The topological polar surface area (TPSA) is 54.0 Å². The van der Waals surface area contributed by atoms with Crippen molar-refractivity contribution in [2.45, 2.75) is 19.3 Å². The highest BCUT2D eigenvalue weighted by Gasteiger charge is 2.11. The summed E-state index contributed by atoms with van der Waals surface area (Å²) in [5.74, 6) is 0.933. The van der Waals surface area contributed by atoms with Crippen LogP contribution in [-0.4, -0.2) is 24.5 Å². The molecule has 1 heterocycles. The molecule has 1 atom stereocenters. The second-order valence-electron chi connectivity index (χ2n) is 5.01. The normalized spacial score (nSPS) is 11.7. The van der Waals surface area contributed by atoms with Gasteiger partial charge < -0.3 is 10.6 Å². The minimum absolute atomic E-state index is 0.0901. The van der Waals surface area contributed by atoms with Gasteiger partial charge in [-0.3, -0.25) is 4.79 Å². The maximum absolute atomic E-state index is 12.2. The summed E-state index contributed by atoms with van der Waals surface area (Å²) in [7, 11) is 1.76. The van der Waals surface area contributed by atoms with E-state index in [1.165, 1.54) is 5.56 Å². The van der Waals surface area contributed by atoms with E-state index in [4.69, 9.17) is 0 Å². The van der Waals surface area contributed by atoms with Crippen molar-refractivity contribution in [3.8, 4) is 0 Å². The van der Waals surface area contributed by atoms with E-state index in [1.54, 1.807) is 25.4 Å². The van der Waals surface area contributed by atoms with Gasteiger partial charge in [-0.15, -0.1) is 0 Å². The quantitative estimate of drug-likeness (QED) is 0.856. The molecule has 1 amide bonds. The van der Waals surface area contributed by atoms with Gasteiger partial charge in [-0.05, 0) is 30.0 Å². The summed E-state index contributed by atoms with van der Waals surface area (Å²) in [6.45, 7) is 2.82. The number of hydrogen-bond donors (Lipinski definition) is 2. The monoisotopic (exact) mass is 283 g/mol. The molecule has 1 unspecified atom stereocenters. The van der Waals surface area contributed by atoms with Crippen LogP contribution in [0.4, 0.5) is 5.82 Å². The fourth-order valence-electron chi connectivity index (χ4n) is 2.23. The van der Waals surface area contributed by atoms with Crippen LogP contribution in [0.1, 0.15) is 35.2 Å². The summed E-state index contributed by atoms with van der Waals surface area (Å²) in [4.78, 5) is 16.3. The number of rotatable bonds is 6. The Labute approximate surface area is 125 Å². The Morgan fingerprint density at radius 2 is 1.95 bits per heavy atom. The molecule has 0 aliphatic heterocycles. The molecule has 0 radical (unpaired) electrons. The SMILES string of the molecule is CNc1ncccc1C(=O)NCCC(C)c1ccccc1. The highest BCUT2D eigenvalue weighted by atomic mass is 16.1. The molecule has 0 aliphatic rings. The predicted octanol–water partition coefficient (Wildman–Crippen LogP) is 3.05. The lowest BCUT2D eigenvalue weighted by Gasteiger charge is -2.13. The molecule has 2 aromatic rings. The van der Waals surface area contributed by atoms with Crippen molar-refractivity contribution in [1.82, 2.24) is 10.3 Å². The minimum atomic E-state index is -0.0901. The van der Waals surface area contributed by atoms with Gasteiger partial charge >= 0.3 is 0 Å². The zero-order valence-corrected chi connectivity index (χ0v) is 12.5. The number of benzene rings is 1. The second kappa shape index (κ2) is 7.43. The van der Waals surface area contributed by atoms with Gasteiger partial charge in [0.15, 0.2) is 0 Å². The van der Waals surface area contributed by atoms with Crippen molar-refractivity contribution in [1.29, 1.82) is 0 Å². The van der Waals surface area contributed by atoms with Gasteiger partial charge in [0.25, 0.3) is 5.91 Å². The first kappa shape index (κ1) is 15.0. The molecule has 21 heavy (non-hydrogen) atoms. The molecule has 0 spiro atoms. The van der Waals surface area contributed by atoms with Crippen molar-refractivity contribution < 1.29 is 4.79 Å². The molecule has 0 bridgehead atoms. The van der Waals surface area contributed by atoms with Gasteiger partial charge in [-0.2, -0.15) is 0 Å². The van der Waals surface area contributed by atoms with Crippen LogP contribution in [0.25, 0.3) is 0 Å². The van der Waals surface area contributed by atoms with E-state index in [0.717, 1.165) is 6.42 Å². The standard InChI is InChI=1S/C17H21N3O/c1-13(14-7-4-3-5-8-14)10-12-20-17(21)15-9-6-11-19-16(15)18-2/h3-9,11,13H,10,12H2,1-2H3,(H,18,19)(H,20,21). The predicted molar refractivity (Wildman–Crippen MR) is 85.6 cm³/mol. The van der Waals surface area contributed by atoms with E-state index in [0.29, 0.717) is 23.8 Å². The summed E-state index contributed by atoms with van der Waals surface area (Å²) < 4.78 is 0. The summed E-state index contributed by atoms with van der Waals surface area (Å²) >= 11 is 0. The summed E-state index contributed by atoms with van der Waals surface area (Å²) in [5.41, 5.74) is 1.87. The van der Waals surface area contributed by atoms with E-state index in [2.05, 4.69) is 34.7 Å². The van der Waals surface area contributed by atoms with E-state index in [1.807, 2.05) is 18.2 Å². The average Bonchev–Trinajstić information content (AvgIpc) is 2.55. The second-order valence-corrected chi connectivity index (χ2v) is 5.01. The number of pyridine rings is 1. The highest BCUT2D eigenvalue weighted by molar-refractivity contribution is 5.98. The number of nitrogens with one attached hydrogen (secondary N) is 2. The van der Waals surface area contributed by atoms with Gasteiger partial charge in [0.1, 0.15) is 5.82 Å². The Bertz CT molecular complexity index is 584. The molecule has 4 heteroatoms. The molecular formula is C17H21N3O. The van der Waals surface area contributed by atoms with E-state index < -0.39 is 0 Å². The lowest BCUT2D eigenvalue weighted by atomic mass is 9.98. The van der Waals surface area contributed by atoms with Crippen LogP contribution >= 0.6 is 0 Å². The Morgan fingerprint density at radius 1 is 1.19 bits per heavy atom. The molecular weight excluding hydrogens is 262 g/mol. The zero-order chi connectivity index (χ0) is 15.1. The number of hydrogen-bond acceptors (Lipinski definition) is 3. The molecule has 110 valence electrons. The molecule has 0 fully saturated rings. The van der Waals surface area contributed by atoms with Gasteiger partial charge in [0.2, 0.25) is 0 Å². The number of carbonyl (C=O) groups is 1. The van der Waals surface area contributed by atoms with Gasteiger partial charge in [-0.25, -0.2) is 4.98 Å². The lowest BCUT2D eigenvalue weighted by molar-refractivity contribution is 0.0953. The van der Waals surface area contributed by atoms with Gasteiger partial charge in [0, 0.05) is 19.8 Å². The zero-order valence-electron chi connectivity index (χ0n) is 12.5. The Hall–Kier alpha value is -2.36. The molecule has 4 nitrogen and oxygen atoms in total. The van der Waals surface area contributed by atoms with Gasteiger partial charge in [-0.1, -0.05) is 37.3 Å². The minimum Gasteiger partial charge on any atom is -0.372 e. The van der Waals surface area contributed by atoms with Crippen molar-refractivity contribution in [3.05, 3.63) is 59.8 Å². The van der Waals surface area contributed by atoms with Crippen molar-refractivity contribution in [3.63, 3.8) is 0 Å². The number of aromatic nitrogens is 1. The maximum atomic E-state index is 12.2. The van der Waals surface area contributed by atoms with E-state index in [9.17, 15) is 4.79 Å². The van der Waals surface area contributed by atoms with Crippen LogP contribution in [0.2, 0.25) is 0 Å². The van der Waals surface area contributed by atoms with E-state index >= 15 is 0 Å². The molecule has 2 N–H and O–H groups in total. The first-order valence-corrected chi connectivity index (χ1v) is 7.18. The Kier molecular flexibility index (Phi) is 5.32. The lowest BCUT2D eigenvalue weighted by Crippen LogP contribution is -2.26. The highest BCUT2D eigenvalue weighted by Crippen LogP contribution is 2.17. The maximum Gasteiger partial charge on any atom is 0.255 e. The van der Waals surface area contributed by atoms with Crippen LogP contribution in [0, 0.1) is 0 Å². The number of carbonyl (C=O) groups excluding carboxylic acids is 1. The Balaban J connectivity index is 1.87. The van der Waals surface area contributed by atoms with Crippen molar-refractivity contribution in [2.24, 2.45) is 0 Å². The molecule has 0 aliphatic carbocycles. The molecule has 1 aromatic carbocycles. The molecule has 1 aromatic heterocycles. The number of amides is 1. The van der Waals surface area contributed by atoms with Gasteiger partial charge in [0.05, 0.1) is 5.56 Å². The summed E-state index contributed by atoms with van der Waals surface area (Å²) in [5, 5.41) is 5.88.